The Bertz CT molecular complexity index is 590. The van der Waals surface area contributed by atoms with Crippen LogP contribution < -0.4 is 0 Å². The number of amides is 1. The third-order valence-electron chi connectivity index (χ3n) is 4.96. The van der Waals surface area contributed by atoms with Gasteiger partial charge in [0.25, 0.3) is 0 Å². The van der Waals surface area contributed by atoms with E-state index in [0.717, 1.165) is 31.5 Å². The van der Waals surface area contributed by atoms with Crippen LogP contribution in [-0.4, -0.2) is 44.6 Å². The zero-order valence-corrected chi connectivity index (χ0v) is 14.1. The van der Waals surface area contributed by atoms with Gasteiger partial charge in [0.2, 0.25) is 11.8 Å². The van der Waals surface area contributed by atoms with E-state index < -0.39 is 11.9 Å². The van der Waals surface area contributed by atoms with Crippen LogP contribution >= 0.6 is 0 Å². The van der Waals surface area contributed by atoms with Gasteiger partial charge >= 0.3 is 5.97 Å². The van der Waals surface area contributed by atoms with Gasteiger partial charge in [-0.1, -0.05) is 24.9 Å². The summed E-state index contributed by atoms with van der Waals surface area (Å²) in [7, 11) is 0. The average molecular weight is 335 g/mol. The first-order valence-corrected chi connectivity index (χ1v) is 8.89. The van der Waals surface area contributed by atoms with Crippen molar-refractivity contribution in [3.8, 4) is 0 Å². The minimum absolute atomic E-state index is 0.0220. The molecule has 0 aliphatic heterocycles. The zero-order valence-electron chi connectivity index (χ0n) is 14.1. The molecule has 0 aromatic carbocycles. The number of aromatic nitrogens is 2. The lowest BCUT2D eigenvalue weighted by atomic mass is 10.1. The second-order valence-corrected chi connectivity index (χ2v) is 7.04. The van der Waals surface area contributed by atoms with E-state index in [2.05, 4.69) is 10.1 Å². The molecule has 7 heteroatoms. The fourth-order valence-corrected chi connectivity index (χ4v) is 3.29. The molecule has 3 rings (SSSR count). The highest BCUT2D eigenvalue weighted by atomic mass is 16.5. The van der Waals surface area contributed by atoms with Crippen LogP contribution in [-0.2, 0) is 16.0 Å². The molecule has 2 saturated carbocycles. The maximum atomic E-state index is 12.5. The molecule has 1 amide bonds. The maximum absolute atomic E-state index is 12.5. The highest BCUT2D eigenvalue weighted by Crippen LogP contribution is 2.32. The van der Waals surface area contributed by atoms with E-state index in [1.54, 1.807) is 11.8 Å². The van der Waals surface area contributed by atoms with E-state index >= 15 is 0 Å². The molecule has 0 spiro atoms. The van der Waals surface area contributed by atoms with Gasteiger partial charge < -0.3 is 14.5 Å². The molecular weight excluding hydrogens is 310 g/mol. The fourth-order valence-electron chi connectivity index (χ4n) is 3.29. The Kier molecular flexibility index (Phi) is 5.16. The van der Waals surface area contributed by atoms with Crippen molar-refractivity contribution in [2.75, 3.05) is 6.54 Å². The van der Waals surface area contributed by atoms with E-state index in [4.69, 9.17) is 9.63 Å². The number of aryl methyl sites for hydroxylation is 1. The summed E-state index contributed by atoms with van der Waals surface area (Å²) < 4.78 is 5.28. The Hall–Kier alpha value is -1.92. The number of rotatable bonds is 8. The minimum Gasteiger partial charge on any atom is -0.481 e. The van der Waals surface area contributed by atoms with E-state index in [0.29, 0.717) is 18.2 Å². The summed E-state index contributed by atoms with van der Waals surface area (Å²) in [6.45, 7) is 1.91. The fraction of sp³-hybridized carbons (Fsp3) is 0.765. The molecule has 0 saturated heterocycles. The number of carboxylic acids is 1. The Labute approximate surface area is 141 Å². The van der Waals surface area contributed by atoms with Crippen molar-refractivity contribution >= 4 is 11.9 Å². The molecule has 7 nitrogen and oxygen atoms in total. The third kappa shape index (κ3) is 4.13. The Morgan fingerprint density at radius 3 is 2.62 bits per heavy atom. The average Bonchev–Trinajstić information content (AvgIpc) is 3.06. The molecule has 132 valence electrons. The summed E-state index contributed by atoms with van der Waals surface area (Å²) >= 11 is 0. The van der Waals surface area contributed by atoms with Crippen LogP contribution in [0.4, 0.5) is 0 Å². The molecule has 24 heavy (non-hydrogen) atoms. The van der Waals surface area contributed by atoms with Gasteiger partial charge in [0.05, 0.1) is 5.92 Å². The molecule has 2 fully saturated rings. The summed E-state index contributed by atoms with van der Waals surface area (Å²) in [5.41, 5.74) is 0. The van der Waals surface area contributed by atoms with Gasteiger partial charge in [-0.25, -0.2) is 0 Å². The standard InChI is InChI=1S/C17H25N3O4/c1-11(17(22)23)10-20(13-6-7-13)15(21)9-8-14-18-16(19-24-14)12-4-2-3-5-12/h11-13H,2-10H2,1H3,(H,22,23). The number of nitrogens with zero attached hydrogens (tertiary/aromatic N) is 3. The van der Waals surface area contributed by atoms with E-state index in [9.17, 15) is 9.59 Å². The molecule has 1 atom stereocenters. The van der Waals surface area contributed by atoms with Crippen molar-refractivity contribution in [1.82, 2.24) is 15.0 Å². The molecule has 2 aliphatic carbocycles. The van der Waals surface area contributed by atoms with Crippen LogP contribution in [0.2, 0.25) is 0 Å². The van der Waals surface area contributed by atoms with Gasteiger partial charge in [-0.2, -0.15) is 4.98 Å². The molecule has 1 aromatic heterocycles. The van der Waals surface area contributed by atoms with Crippen LogP contribution in [0.25, 0.3) is 0 Å². The Morgan fingerprint density at radius 1 is 1.29 bits per heavy atom. The van der Waals surface area contributed by atoms with E-state index in [1.807, 2.05) is 0 Å². The summed E-state index contributed by atoms with van der Waals surface area (Å²) in [4.78, 5) is 29.6. The Morgan fingerprint density at radius 2 is 2.00 bits per heavy atom. The SMILES string of the molecule is CC(CN(C(=O)CCc1nc(C2CCCC2)no1)C1CC1)C(=O)O. The molecule has 1 aromatic rings. The smallest absolute Gasteiger partial charge is 0.308 e. The van der Waals surface area contributed by atoms with Gasteiger partial charge in [0, 0.05) is 31.3 Å². The van der Waals surface area contributed by atoms with Crippen molar-refractivity contribution in [2.45, 2.75) is 70.3 Å². The van der Waals surface area contributed by atoms with Crippen molar-refractivity contribution in [3.63, 3.8) is 0 Å². The highest BCUT2D eigenvalue weighted by molar-refractivity contribution is 5.78. The first kappa shape index (κ1) is 16.9. The first-order chi connectivity index (χ1) is 11.5. The predicted octanol–water partition coefficient (Wildman–Crippen LogP) is 2.37. The predicted molar refractivity (Wildman–Crippen MR) is 85.4 cm³/mol. The highest BCUT2D eigenvalue weighted by Gasteiger charge is 2.34. The lowest BCUT2D eigenvalue weighted by Crippen LogP contribution is -2.38. The maximum Gasteiger partial charge on any atom is 0.308 e. The lowest BCUT2D eigenvalue weighted by molar-refractivity contribution is -0.143. The molecule has 1 heterocycles. The van der Waals surface area contributed by atoms with Crippen LogP contribution in [0.1, 0.15) is 69.5 Å². The van der Waals surface area contributed by atoms with Crippen LogP contribution in [0.15, 0.2) is 4.52 Å². The second kappa shape index (κ2) is 7.32. The normalized spacial score (nSPS) is 19.4. The van der Waals surface area contributed by atoms with Gasteiger partial charge in [0.1, 0.15) is 0 Å². The van der Waals surface area contributed by atoms with Crippen LogP contribution in [0.3, 0.4) is 0 Å². The van der Waals surface area contributed by atoms with Crippen molar-refractivity contribution in [1.29, 1.82) is 0 Å². The first-order valence-electron chi connectivity index (χ1n) is 8.89. The molecule has 0 radical (unpaired) electrons. The van der Waals surface area contributed by atoms with Gasteiger partial charge in [0.15, 0.2) is 5.82 Å². The number of carbonyl (C=O) groups is 2. The molecule has 2 aliphatic rings. The number of aliphatic carboxylic acids is 1. The van der Waals surface area contributed by atoms with Crippen molar-refractivity contribution in [2.24, 2.45) is 5.92 Å². The molecule has 1 unspecified atom stereocenters. The Balaban J connectivity index is 1.52. The number of carboxylic acid groups (broad SMARTS) is 1. The van der Waals surface area contributed by atoms with E-state index in [-0.39, 0.29) is 24.9 Å². The monoisotopic (exact) mass is 335 g/mol. The largest absolute Gasteiger partial charge is 0.481 e. The van der Waals surface area contributed by atoms with Gasteiger partial charge in [-0.15, -0.1) is 0 Å². The topological polar surface area (TPSA) is 96.5 Å². The van der Waals surface area contributed by atoms with Crippen molar-refractivity contribution < 1.29 is 19.2 Å². The number of hydrogen-bond donors (Lipinski definition) is 1. The summed E-state index contributed by atoms with van der Waals surface area (Å²) in [6.07, 6.45) is 7.28. The number of carbonyl (C=O) groups excluding carboxylic acids is 1. The lowest BCUT2D eigenvalue weighted by Gasteiger charge is -2.24. The third-order valence-corrected chi connectivity index (χ3v) is 4.96. The molecule has 1 N–H and O–H groups in total. The van der Waals surface area contributed by atoms with Crippen LogP contribution in [0.5, 0.6) is 0 Å². The summed E-state index contributed by atoms with van der Waals surface area (Å²) in [5.74, 6) is 0.239. The van der Waals surface area contributed by atoms with Crippen LogP contribution in [0, 0.1) is 5.92 Å². The summed E-state index contributed by atoms with van der Waals surface area (Å²) in [6, 6.07) is 0.205. The van der Waals surface area contributed by atoms with Gasteiger partial charge in [-0.05, 0) is 25.7 Å². The zero-order chi connectivity index (χ0) is 17.1. The molecule has 0 bridgehead atoms. The van der Waals surface area contributed by atoms with Crippen molar-refractivity contribution in [3.05, 3.63) is 11.7 Å². The second-order valence-electron chi connectivity index (χ2n) is 7.04. The summed E-state index contributed by atoms with van der Waals surface area (Å²) in [5, 5.41) is 13.1. The molecular formula is C17H25N3O4. The minimum atomic E-state index is -0.869. The van der Waals surface area contributed by atoms with Gasteiger partial charge in [-0.3, -0.25) is 9.59 Å². The quantitative estimate of drug-likeness (QED) is 0.783. The number of hydrogen-bond acceptors (Lipinski definition) is 5. The van der Waals surface area contributed by atoms with E-state index in [1.165, 1.54) is 12.8 Å².